The summed E-state index contributed by atoms with van der Waals surface area (Å²) in [5.74, 6) is 0. The van der Waals surface area contributed by atoms with Gasteiger partial charge in [0.15, 0.2) is 0 Å². The van der Waals surface area contributed by atoms with E-state index in [2.05, 4.69) is 6.92 Å². The summed E-state index contributed by atoms with van der Waals surface area (Å²) in [5.41, 5.74) is 0. The first-order valence-electron chi connectivity index (χ1n) is 5.43. The standard InChI is InChI=1S/C12H22O2/c1-2-3-6-9-12(14)10-7-4-5-8-11-13/h4-5,7,10,12-14H,2-3,6,8-9,11H2,1H3/t12-/m0/s1. The fourth-order valence-corrected chi connectivity index (χ4v) is 1.14. The van der Waals surface area contributed by atoms with E-state index in [1.54, 1.807) is 6.08 Å². The number of hydrogen-bond donors (Lipinski definition) is 2. The molecular weight excluding hydrogens is 176 g/mol. The minimum absolute atomic E-state index is 0.184. The van der Waals surface area contributed by atoms with E-state index in [0.717, 1.165) is 12.8 Å². The maximum Gasteiger partial charge on any atom is 0.0723 e. The second kappa shape index (κ2) is 10.5. The van der Waals surface area contributed by atoms with Crippen molar-refractivity contribution in [2.75, 3.05) is 6.61 Å². The molecular formula is C12H22O2. The van der Waals surface area contributed by atoms with Gasteiger partial charge in [0.05, 0.1) is 6.10 Å². The molecule has 0 radical (unpaired) electrons. The predicted octanol–water partition coefficient (Wildman–Crippen LogP) is 2.42. The van der Waals surface area contributed by atoms with Gasteiger partial charge >= 0.3 is 0 Å². The number of hydrogen-bond acceptors (Lipinski definition) is 2. The second-order valence-corrected chi connectivity index (χ2v) is 3.39. The molecule has 0 heterocycles. The van der Waals surface area contributed by atoms with Gasteiger partial charge in [-0.05, 0) is 12.8 Å². The van der Waals surface area contributed by atoms with Crippen LogP contribution in [-0.2, 0) is 0 Å². The molecule has 0 spiro atoms. The Morgan fingerprint density at radius 2 is 2.00 bits per heavy atom. The number of rotatable bonds is 8. The van der Waals surface area contributed by atoms with Gasteiger partial charge in [-0.15, -0.1) is 0 Å². The Bertz CT molecular complexity index is 162. The molecule has 0 fully saturated rings. The van der Waals surface area contributed by atoms with E-state index in [4.69, 9.17) is 5.11 Å². The first-order valence-corrected chi connectivity index (χ1v) is 5.43. The van der Waals surface area contributed by atoms with Crippen molar-refractivity contribution < 1.29 is 10.2 Å². The summed E-state index contributed by atoms with van der Waals surface area (Å²) < 4.78 is 0. The van der Waals surface area contributed by atoms with Crippen LogP contribution in [-0.4, -0.2) is 22.9 Å². The molecule has 0 aliphatic carbocycles. The topological polar surface area (TPSA) is 40.5 Å². The van der Waals surface area contributed by atoms with Crippen molar-refractivity contribution >= 4 is 0 Å². The van der Waals surface area contributed by atoms with Crippen LogP contribution < -0.4 is 0 Å². The largest absolute Gasteiger partial charge is 0.396 e. The molecule has 14 heavy (non-hydrogen) atoms. The van der Waals surface area contributed by atoms with Gasteiger partial charge in [0.2, 0.25) is 0 Å². The zero-order valence-electron chi connectivity index (χ0n) is 9.02. The summed E-state index contributed by atoms with van der Waals surface area (Å²) in [6, 6.07) is 0. The summed E-state index contributed by atoms with van der Waals surface area (Å²) >= 11 is 0. The third-order valence-corrected chi connectivity index (χ3v) is 1.98. The maximum atomic E-state index is 9.46. The number of aliphatic hydroxyl groups excluding tert-OH is 2. The van der Waals surface area contributed by atoms with E-state index in [9.17, 15) is 5.11 Å². The van der Waals surface area contributed by atoms with Gasteiger partial charge in [-0.25, -0.2) is 0 Å². The third-order valence-electron chi connectivity index (χ3n) is 1.98. The molecule has 0 bridgehead atoms. The van der Waals surface area contributed by atoms with Crippen molar-refractivity contribution in [3.63, 3.8) is 0 Å². The highest BCUT2D eigenvalue weighted by atomic mass is 16.3. The molecule has 2 N–H and O–H groups in total. The zero-order valence-corrected chi connectivity index (χ0v) is 9.02. The summed E-state index contributed by atoms with van der Waals surface area (Å²) in [4.78, 5) is 0. The lowest BCUT2D eigenvalue weighted by Gasteiger charge is -2.02. The lowest BCUT2D eigenvalue weighted by Crippen LogP contribution is -2.00. The Hall–Kier alpha value is -0.600. The van der Waals surface area contributed by atoms with Gasteiger partial charge < -0.3 is 10.2 Å². The first-order chi connectivity index (χ1) is 6.81. The van der Waals surface area contributed by atoms with Gasteiger partial charge in [0.1, 0.15) is 0 Å². The Morgan fingerprint density at radius 1 is 1.21 bits per heavy atom. The van der Waals surface area contributed by atoms with Crippen LogP contribution in [0.1, 0.15) is 39.0 Å². The molecule has 0 aromatic carbocycles. The Balaban J connectivity index is 3.44. The molecule has 82 valence electrons. The van der Waals surface area contributed by atoms with Crippen LogP contribution >= 0.6 is 0 Å². The first kappa shape index (κ1) is 13.4. The Labute approximate surface area is 87.0 Å². The minimum Gasteiger partial charge on any atom is -0.396 e. The van der Waals surface area contributed by atoms with Crippen LogP contribution in [0.5, 0.6) is 0 Å². The van der Waals surface area contributed by atoms with Crippen LogP contribution in [0.15, 0.2) is 24.3 Å². The quantitative estimate of drug-likeness (QED) is 0.464. The van der Waals surface area contributed by atoms with Crippen molar-refractivity contribution in [2.45, 2.75) is 45.1 Å². The van der Waals surface area contributed by atoms with E-state index in [-0.39, 0.29) is 12.7 Å². The van der Waals surface area contributed by atoms with Gasteiger partial charge in [0, 0.05) is 6.61 Å². The molecule has 0 unspecified atom stereocenters. The molecule has 0 saturated carbocycles. The van der Waals surface area contributed by atoms with Gasteiger partial charge in [-0.3, -0.25) is 0 Å². The highest BCUT2D eigenvalue weighted by molar-refractivity contribution is 5.04. The van der Waals surface area contributed by atoms with E-state index in [1.165, 1.54) is 12.8 Å². The van der Waals surface area contributed by atoms with Crippen molar-refractivity contribution in [1.29, 1.82) is 0 Å². The van der Waals surface area contributed by atoms with E-state index in [0.29, 0.717) is 6.42 Å². The molecule has 0 aliphatic rings. The molecule has 0 aliphatic heterocycles. The Morgan fingerprint density at radius 3 is 2.64 bits per heavy atom. The summed E-state index contributed by atoms with van der Waals surface area (Å²) in [6.45, 7) is 2.34. The molecule has 2 nitrogen and oxygen atoms in total. The summed E-state index contributed by atoms with van der Waals surface area (Å²) in [7, 11) is 0. The molecule has 0 aromatic rings. The van der Waals surface area contributed by atoms with Crippen molar-refractivity contribution in [2.24, 2.45) is 0 Å². The van der Waals surface area contributed by atoms with Crippen molar-refractivity contribution in [3.05, 3.63) is 24.3 Å². The predicted molar refractivity (Wildman–Crippen MR) is 60.1 cm³/mol. The maximum absolute atomic E-state index is 9.46. The monoisotopic (exact) mass is 198 g/mol. The van der Waals surface area contributed by atoms with Crippen molar-refractivity contribution in [1.82, 2.24) is 0 Å². The summed E-state index contributed by atoms with van der Waals surface area (Å²) in [6.07, 6.45) is 12.0. The molecule has 1 atom stereocenters. The highest BCUT2D eigenvalue weighted by Gasteiger charge is 1.96. The number of unbranched alkanes of at least 4 members (excludes halogenated alkanes) is 2. The van der Waals surface area contributed by atoms with Crippen LogP contribution in [0.2, 0.25) is 0 Å². The fourth-order valence-electron chi connectivity index (χ4n) is 1.14. The molecule has 0 saturated heterocycles. The van der Waals surface area contributed by atoms with Crippen molar-refractivity contribution in [3.8, 4) is 0 Å². The molecule has 0 amide bonds. The SMILES string of the molecule is CCCCC[C@H](O)C=CC=CCCO. The van der Waals surface area contributed by atoms with Crippen LogP contribution in [0, 0.1) is 0 Å². The lowest BCUT2D eigenvalue weighted by atomic mass is 10.1. The van der Waals surface area contributed by atoms with E-state index < -0.39 is 0 Å². The normalized spacial score (nSPS) is 14.2. The van der Waals surface area contributed by atoms with E-state index in [1.807, 2.05) is 18.2 Å². The number of aliphatic hydroxyl groups is 2. The molecule has 2 heteroatoms. The Kier molecular flexibility index (Phi) is 10.0. The zero-order chi connectivity index (χ0) is 10.6. The summed E-state index contributed by atoms with van der Waals surface area (Å²) in [5, 5.41) is 18.0. The molecule has 0 rings (SSSR count). The van der Waals surface area contributed by atoms with Crippen LogP contribution in [0.25, 0.3) is 0 Å². The third kappa shape index (κ3) is 9.49. The fraction of sp³-hybridized carbons (Fsp3) is 0.667. The van der Waals surface area contributed by atoms with Gasteiger partial charge in [-0.2, -0.15) is 0 Å². The highest BCUT2D eigenvalue weighted by Crippen LogP contribution is 2.04. The second-order valence-electron chi connectivity index (χ2n) is 3.39. The van der Waals surface area contributed by atoms with Crippen LogP contribution in [0.4, 0.5) is 0 Å². The lowest BCUT2D eigenvalue weighted by molar-refractivity contribution is 0.208. The van der Waals surface area contributed by atoms with Gasteiger partial charge in [0.25, 0.3) is 0 Å². The average molecular weight is 198 g/mol. The smallest absolute Gasteiger partial charge is 0.0723 e. The average Bonchev–Trinajstić information content (AvgIpc) is 2.18. The van der Waals surface area contributed by atoms with Crippen LogP contribution in [0.3, 0.4) is 0 Å². The minimum atomic E-state index is -0.319. The number of allylic oxidation sites excluding steroid dienone is 2. The van der Waals surface area contributed by atoms with Gasteiger partial charge in [-0.1, -0.05) is 50.5 Å². The molecule has 0 aromatic heterocycles. The van der Waals surface area contributed by atoms with E-state index >= 15 is 0 Å².